The highest BCUT2D eigenvalue weighted by Gasteiger charge is 2.53. The first-order chi connectivity index (χ1) is 12.1. The zero-order valence-electron chi connectivity index (χ0n) is 15.8. The highest BCUT2D eigenvalue weighted by atomic mass is 32.1. The number of nitrogens with one attached hydrogen (secondary N) is 1. The lowest BCUT2D eigenvalue weighted by atomic mass is 9.82. The van der Waals surface area contributed by atoms with Crippen LogP contribution in [0.5, 0.6) is 0 Å². The maximum atomic E-state index is 6.10. The molecule has 0 radical (unpaired) electrons. The number of likely N-dealkylation sites (tertiary alicyclic amines) is 1. The molecule has 0 saturated carbocycles. The van der Waals surface area contributed by atoms with Gasteiger partial charge in [0.25, 0.3) is 0 Å². The van der Waals surface area contributed by atoms with Crippen molar-refractivity contribution in [2.24, 2.45) is 16.8 Å². The van der Waals surface area contributed by atoms with Crippen molar-refractivity contribution in [1.82, 2.24) is 15.2 Å². The summed E-state index contributed by atoms with van der Waals surface area (Å²) in [5.74, 6) is 2.94. The van der Waals surface area contributed by atoms with Crippen molar-refractivity contribution in [3.63, 3.8) is 0 Å². The van der Waals surface area contributed by atoms with Gasteiger partial charge in [-0.15, -0.1) is 11.3 Å². The molecule has 0 spiro atoms. The van der Waals surface area contributed by atoms with Gasteiger partial charge in [0, 0.05) is 36.3 Å². The lowest BCUT2D eigenvalue weighted by Crippen LogP contribution is -2.41. The van der Waals surface area contributed by atoms with Crippen LogP contribution in [0.1, 0.15) is 55.1 Å². The number of guanidine groups is 1. The van der Waals surface area contributed by atoms with Gasteiger partial charge >= 0.3 is 0 Å². The molecule has 1 N–H and O–H groups in total. The number of hydrogen-bond donors (Lipinski definition) is 1. The molecule has 6 heteroatoms. The van der Waals surface area contributed by atoms with Crippen LogP contribution < -0.4 is 5.32 Å². The van der Waals surface area contributed by atoms with Crippen molar-refractivity contribution in [2.75, 3.05) is 19.6 Å². The highest BCUT2D eigenvalue weighted by molar-refractivity contribution is 7.11. The predicted molar refractivity (Wildman–Crippen MR) is 102 cm³/mol. The van der Waals surface area contributed by atoms with E-state index >= 15 is 0 Å². The summed E-state index contributed by atoms with van der Waals surface area (Å²) in [6.07, 6.45) is 3.50. The molecule has 4 atom stereocenters. The largest absolute Gasteiger partial charge is 0.374 e. The van der Waals surface area contributed by atoms with Gasteiger partial charge < -0.3 is 15.0 Å². The van der Waals surface area contributed by atoms with Gasteiger partial charge in [0.15, 0.2) is 5.96 Å². The molecule has 3 saturated heterocycles. The summed E-state index contributed by atoms with van der Waals surface area (Å²) >= 11 is 1.79. The maximum absolute atomic E-state index is 6.10. The Balaban J connectivity index is 1.46. The van der Waals surface area contributed by atoms with Gasteiger partial charge in [-0.3, -0.25) is 0 Å². The number of rotatable bonds is 4. The Labute approximate surface area is 154 Å². The molecule has 3 aliphatic rings. The quantitative estimate of drug-likeness (QED) is 0.660. The summed E-state index contributed by atoms with van der Waals surface area (Å²) in [6.45, 7) is 12.5. The van der Waals surface area contributed by atoms with Gasteiger partial charge in [0.05, 0.1) is 24.4 Å². The molecule has 0 aliphatic carbocycles. The van der Waals surface area contributed by atoms with Crippen LogP contribution in [-0.2, 0) is 11.3 Å². The van der Waals surface area contributed by atoms with Gasteiger partial charge in [-0.2, -0.15) is 0 Å². The van der Waals surface area contributed by atoms with Gasteiger partial charge in [0.1, 0.15) is 5.01 Å². The Hall–Kier alpha value is -1.14. The van der Waals surface area contributed by atoms with E-state index in [0.29, 0.717) is 36.5 Å². The minimum Gasteiger partial charge on any atom is -0.374 e. The monoisotopic (exact) mass is 362 g/mol. The second kappa shape index (κ2) is 6.88. The lowest BCUT2D eigenvalue weighted by molar-refractivity contribution is 0.0767. The number of thiazole rings is 1. The molecular weight excluding hydrogens is 332 g/mol. The summed E-state index contributed by atoms with van der Waals surface area (Å²) in [6, 6.07) is 0. The van der Waals surface area contributed by atoms with Crippen LogP contribution in [0.15, 0.2) is 4.99 Å². The molecule has 1 aromatic heterocycles. The normalized spacial score (nSPS) is 31.2. The average molecular weight is 363 g/mol. The molecule has 138 valence electrons. The second-order valence-electron chi connectivity index (χ2n) is 7.90. The summed E-state index contributed by atoms with van der Waals surface area (Å²) in [5, 5.41) is 4.61. The standard InChI is InChI=1S/C19H30N4OS/c1-5-20-19(21-8-17-22-18(11(2)3)12(4)25-17)23-9-13-14(10-23)16-7-6-15(13)24-16/h11,13-16H,5-10H2,1-4H3,(H,20,21). The number of aryl methyl sites for hydroxylation is 1. The number of hydrogen-bond acceptors (Lipinski definition) is 4. The minimum atomic E-state index is 0.482. The van der Waals surface area contributed by atoms with Crippen molar-refractivity contribution in [3.8, 4) is 0 Å². The van der Waals surface area contributed by atoms with Crippen LogP contribution in [0.2, 0.25) is 0 Å². The fourth-order valence-electron chi connectivity index (χ4n) is 4.77. The molecule has 0 aromatic carbocycles. The molecule has 3 fully saturated rings. The zero-order valence-corrected chi connectivity index (χ0v) is 16.6. The number of ether oxygens (including phenoxy) is 1. The fourth-order valence-corrected chi connectivity index (χ4v) is 5.78. The molecule has 5 nitrogen and oxygen atoms in total. The fraction of sp³-hybridized carbons (Fsp3) is 0.789. The zero-order chi connectivity index (χ0) is 17.6. The lowest BCUT2D eigenvalue weighted by Gasteiger charge is -2.23. The van der Waals surface area contributed by atoms with Crippen molar-refractivity contribution in [3.05, 3.63) is 15.6 Å². The van der Waals surface area contributed by atoms with E-state index < -0.39 is 0 Å². The Morgan fingerprint density at radius 1 is 1.32 bits per heavy atom. The maximum Gasteiger partial charge on any atom is 0.194 e. The van der Waals surface area contributed by atoms with Crippen molar-refractivity contribution >= 4 is 17.3 Å². The molecule has 4 rings (SSSR count). The number of fused-ring (bicyclic) bond motifs is 5. The summed E-state index contributed by atoms with van der Waals surface area (Å²) < 4.78 is 6.10. The van der Waals surface area contributed by atoms with Crippen molar-refractivity contribution < 1.29 is 4.74 Å². The number of nitrogens with zero attached hydrogens (tertiary/aromatic N) is 3. The molecule has 4 unspecified atom stereocenters. The summed E-state index contributed by atoms with van der Waals surface area (Å²) in [7, 11) is 0. The molecule has 1 aromatic rings. The Morgan fingerprint density at radius 2 is 2.00 bits per heavy atom. The van der Waals surface area contributed by atoms with Crippen LogP contribution in [-0.4, -0.2) is 47.7 Å². The van der Waals surface area contributed by atoms with Gasteiger partial charge in [-0.1, -0.05) is 13.8 Å². The first-order valence-corrected chi connectivity index (χ1v) is 10.5. The van der Waals surface area contributed by atoms with E-state index in [0.717, 1.165) is 30.6 Å². The van der Waals surface area contributed by atoms with Crippen molar-refractivity contribution in [1.29, 1.82) is 0 Å². The molecule has 25 heavy (non-hydrogen) atoms. The van der Waals surface area contributed by atoms with E-state index in [1.54, 1.807) is 11.3 Å². The van der Waals surface area contributed by atoms with Crippen LogP contribution >= 0.6 is 11.3 Å². The smallest absolute Gasteiger partial charge is 0.194 e. The predicted octanol–water partition coefficient (Wildman–Crippen LogP) is 3.15. The minimum absolute atomic E-state index is 0.482. The number of aromatic nitrogens is 1. The van der Waals surface area contributed by atoms with Gasteiger partial charge in [0.2, 0.25) is 0 Å². The molecule has 4 heterocycles. The molecule has 2 bridgehead atoms. The third-order valence-electron chi connectivity index (χ3n) is 5.87. The van der Waals surface area contributed by atoms with Crippen LogP contribution in [0.25, 0.3) is 0 Å². The van der Waals surface area contributed by atoms with Gasteiger partial charge in [-0.05, 0) is 32.6 Å². The summed E-state index contributed by atoms with van der Waals surface area (Å²) in [5.41, 5.74) is 1.23. The van der Waals surface area contributed by atoms with E-state index in [2.05, 4.69) is 37.9 Å². The SMILES string of the molecule is CCNC(=NCc1nc(C(C)C)c(C)s1)N1CC2C3CCC(O3)C2C1. The first kappa shape index (κ1) is 17.3. The van der Waals surface area contributed by atoms with E-state index in [1.807, 2.05) is 0 Å². The Morgan fingerprint density at radius 3 is 2.56 bits per heavy atom. The molecular formula is C19H30N4OS. The third kappa shape index (κ3) is 3.19. The first-order valence-electron chi connectivity index (χ1n) is 9.71. The Kier molecular flexibility index (Phi) is 4.75. The summed E-state index contributed by atoms with van der Waals surface area (Å²) in [4.78, 5) is 13.5. The van der Waals surface area contributed by atoms with Crippen LogP contribution in [0.4, 0.5) is 0 Å². The van der Waals surface area contributed by atoms with Crippen LogP contribution in [0, 0.1) is 18.8 Å². The topological polar surface area (TPSA) is 49.8 Å². The Bertz CT molecular complexity index is 638. The van der Waals surface area contributed by atoms with Crippen LogP contribution in [0.3, 0.4) is 0 Å². The van der Waals surface area contributed by atoms with E-state index in [-0.39, 0.29) is 0 Å². The van der Waals surface area contributed by atoms with E-state index in [1.165, 1.54) is 23.4 Å². The molecule has 0 amide bonds. The number of aliphatic imine (C=N–C) groups is 1. The average Bonchev–Trinajstić information content (AvgIpc) is 3.31. The molecule has 3 aliphatic heterocycles. The van der Waals surface area contributed by atoms with E-state index in [4.69, 9.17) is 14.7 Å². The second-order valence-corrected chi connectivity index (χ2v) is 9.18. The van der Waals surface area contributed by atoms with E-state index in [9.17, 15) is 0 Å². The third-order valence-corrected chi connectivity index (χ3v) is 6.85. The van der Waals surface area contributed by atoms with Crippen molar-refractivity contribution in [2.45, 2.75) is 65.2 Å². The van der Waals surface area contributed by atoms with Gasteiger partial charge in [-0.25, -0.2) is 9.98 Å². The highest BCUT2D eigenvalue weighted by Crippen LogP contribution is 2.47.